The molecule has 0 atom stereocenters. The van der Waals surface area contributed by atoms with Crippen LogP contribution in [0.3, 0.4) is 0 Å². The molecule has 2 aromatic carbocycles. The van der Waals surface area contributed by atoms with Gasteiger partial charge >= 0.3 is 0 Å². The molecule has 31 heavy (non-hydrogen) atoms. The summed E-state index contributed by atoms with van der Waals surface area (Å²) in [6.45, 7) is 10.4. The summed E-state index contributed by atoms with van der Waals surface area (Å²) in [5, 5.41) is 5.19. The molecule has 158 valence electrons. The maximum absolute atomic E-state index is 13.5. The standard InChI is InChI=1S/C26H26N2O2S/c1-16-8-9-17(2)20(15-16)27-23-22(21-7-6-14-31-21)24(29)28(25(23)30)19-12-10-18(11-13-19)26(3,4)5/h6-15,27H,1-5H3. The number of imide groups is 1. The van der Waals surface area contributed by atoms with Gasteiger partial charge in [0.15, 0.2) is 0 Å². The van der Waals surface area contributed by atoms with Gasteiger partial charge in [0.25, 0.3) is 11.8 Å². The van der Waals surface area contributed by atoms with Gasteiger partial charge in [-0.15, -0.1) is 11.3 Å². The molecule has 2 heterocycles. The third-order valence-corrected chi connectivity index (χ3v) is 6.38. The van der Waals surface area contributed by atoms with Crippen LogP contribution < -0.4 is 10.2 Å². The molecule has 1 aliphatic heterocycles. The third kappa shape index (κ3) is 3.93. The first-order valence-corrected chi connectivity index (χ1v) is 11.2. The molecule has 1 aromatic heterocycles. The zero-order valence-electron chi connectivity index (χ0n) is 18.4. The molecule has 0 spiro atoms. The molecule has 0 aliphatic carbocycles. The fourth-order valence-corrected chi connectivity index (χ4v) is 4.41. The number of hydrogen-bond donors (Lipinski definition) is 1. The van der Waals surface area contributed by atoms with Crippen molar-refractivity contribution >= 4 is 40.1 Å². The molecule has 0 saturated carbocycles. The summed E-state index contributed by atoms with van der Waals surface area (Å²) in [6.07, 6.45) is 0. The molecular formula is C26H26N2O2S. The number of rotatable bonds is 4. The number of carbonyl (C=O) groups is 2. The Morgan fingerprint density at radius 2 is 1.61 bits per heavy atom. The van der Waals surface area contributed by atoms with Crippen LogP contribution in [0.15, 0.2) is 65.7 Å². The van der Waals surface area contributed by atoms with E-state index in [0.29, 0.717) is 17.0 Å². The molecule has 0 fully saturated rings. The average Bonchev–Trinajstić information content (AvgIpc) is 3.31. The van der Waals surface area contributed by atoms with Crippen LogP contribution in [0.1, 0.15) is 42.3 Å². The average molecular weight is 431 g/mol. The summed E-state index contributed by atoms with van der Waals surface area (Å²) in [5.41, 5.74) is 5.38. The molecule has 4 nitrogen and oxygen atoms in total. The second kappa shape index (κ2) is 7.82. The molecular weight excluding hydrogens is 404 g/mol. The number of amides is 2. The summed E-state index contributed by atoms with van der Waals surface area (Å²) in [7, 11) is 0. The Bertz CT molecular complexity index is 1180. The zero-order valence-corrected chi connectivity index (χ0v) is 19.3. The van der Waals surface area contributed by atoms with E-state index in [9.17, 15) is 9.59 Å². The van der Waals surface area contributed by atoms with Gasteiger partial charge in [0, 0.05) is 10.6 Å². The largest absolute Gasteiger partial charge is 0.350 e. The highest BCUT2D eigenvalue weighted by Crippen LogP contribution is 2.36. The Morgan fingerprint density at radius 1 is 0.903 bits per heavy atom. The molecule has 0 saturated heterocycles. The summed E-state index contributed by atoms with van der Waals surface area (Å²) in [4.78, 5) is 29.0. The van der Waals surface area contributed by atoms with Crippen molar-refractivity contribution in [3.63, 3.8) is 0 Å². The van der Waals surface area contributed by atoms with Crippen LogP contribution >= 0.6 is 11.3 Å². The number of anilines is 2. The highest BCUT2D eigenvalue weighted by Gasteiger charge is 2.40. The van der Waals surface area contributed by atoms with Crippen molar-refractivity contribution in [3.8, 4) is 0 Å². The predicted molar refractivity (Wildman–Crippen MR) is 128 cm³/mol. The maximum Gasteiger partial charge on any atom is 0.282 e. The van der Waals surface area contributed by atoms with E-state index < -0.39 is 0 Å². The van der Waals surface area contributed by atoms with Crippen molar-refractivity contribution in [2.75, 3.05) is 10.2 Å². The highest BCUT2D eigenvalue weighted by molar-refractivity contribution is 7.11. The number of nitrogens with one attached hydrogen (secondary N) is 1. The summed E-state index contributed by atoms with van der Waals surface area (Å²) in [6, 6.07) is 17.5. The Labute approximate surface area is 187 Å². The molecule has 1 aliphatic rings. The first-order valence-electron chi connectivity index (χ1n) is 10.3. The molecule has 2 amide bonds. The molecule has 3 aromatic rings. The van der Waals surface area contributed by atoms with Gasteiger partial charge in [-0.05, 0) is 65.6 Å². The van der Waals surface area contributed by atoms with Gasteiger partial charge in [-0.2, -0.15) is 0 Å². The Hall–Kier alpha value is -3.18. The number of aryl methyl sites for hydroxylation is 2. The SMILES string of the molecule is Cc1ccc(C)c(NC2=C(c3cccs3)C(=O)N(c3ccc(C(C)(C)C)cc3)C2=O)c1. The first-order chi connectivity index (χ1) is 14.7. The van der Waals surface area contributed by atoms with Crippen molar-refractivity contribution in [1.29, 1.82) is 0 Å². The Kier molecular flexibility index (Phi) is 5.31. The van der Waals surface area contributed by atoms with E-state index in [1.807, 2.05) is 73.8 Å². The van der Waals surface area contributed by atoms with Crippen molar-refractivity contribution in [1.82, 2.24) is 0 Å². The maximum atomic E-state index is 13.5. The van der Waals surface area contributed by atoms with Crippen LogP contribution in [0.4, 0.5) is 11.4 Å². The molecule has 0 unspecified atom stereocenters. The van der Waals surface area contributed by atoms with Crippen LogP contribution in [0.5, 0.6) is 0 Å². The van der Waals surface area contributed by atoms with Gasteiger partial charge in [0.05, 0.1) is 11.3 Å². The van der Waals surface area contributed by atoms with Crippen LogP contribution in [0.25, 0.3) is 5.57 Å². The topological polar surface area (TPSA) is 49.4 Å². The minimum absolute atomic E-state index is 0.00660. The van der Waals surface area contributed by atoms with Gasteiger partial charge in [-0.25, -0.2) is 4.90 Å². The smallest absolute Gasteiger partial charge is 0.282 e. The predicted octanol–water partition coefficient (Wildman–Crippen LogP) is 6.06. The van der Waals surface area contributed by atoms with Crippen molar-refractivity contribution in [3.05, 3.63) is 87.2 Å². The van der Waals surface area contributed by atoms with Crippen LogP contribution in [-0.2, 0) is 15.0 Å². The fraction of sp³-hybridized carbons (Fsp3) is 0.231. The highest BCUT2D eigenvalue weighted by atomic mass is 32.1. The molecule has 0 bridgehead atoms. The fourth-order valence-electron chi connectivity index (χ4n) is 3.65. The molecule has 4 rings (SSSR count). The second-order valence-electron chi connectivity index (χ2n) is 8.91. The van der Waals surface area contributed by atoms with E-state index in [2.05, 4.69) is 26.1 Å². The van der Waals surface area contributed by atoms with Crippen molar-refractivity contribution in [2.45, 2.75) is 40.0 Å². The van der Waals surface area contributed by atoms with Crippen LogP contribution in [-0.4, -0.2) is 11.8 Å². The van der Waals surface area contributed by atoms with Gasteiger partial charge in [-0.3, -0.25) is 9.59 Å². The number of benzene rings is 2. The van der Waals surface area contributed by atoms with Gasteiger partial charge in [-0.1, -0.05) is 51.1 Å². The van der Waals surface area contributed by atoms with Gasteiger partial charge in [0.2, 0.25) is 0 Å². The second-order valence-corrected chi connectivity index (χ2v) is 9.86. The summed E-state index contributed by atoms with van der Waals surface area (Å²) >= 11 is 1.45. The minimum Gasteiger partial charge on any atom is -0.350 e. The first kappa shape index (κ1) is 21.1. The lowest BCUT2D eigenvalue weighted by molar-refractivity contribution is -0.120. The number of carbonyl (C=O) groups excluding carboxylic acids is 2. The van der Waals surface area contributed by atoms with E-state index in [0.717, 1.165) is 27.3 Å². The van der Waals surface area contributed by atoms with E-state index >= 15 is 0 Å². The summed E-state index contributed by atoms with van der Waals surface area (Å²) < 4.78 is 0. The van der Waals surface area contributed by atoms with E-state index in [1.54, 1.807) is 0 Å². The number of hydrogen-bond acceptors (Lipinski definition) is 4. The number of nitrogens with zero attached hydrogens (tertiary/aromatic N) is 1. The third-order valence-electron chi connectivity index (χ3n) is 5.50. The van der Waals surface area contributed by atoms with E-state index in [4.69, 9.17) is 0 Å². The van der Waals surface area contributed by atoms with Gasteiger partial charge < -0.3 is 5.32 Å². The molecule has 1 N–H and O–H groups in total. The number of thiophene rings is 1. The normalized spacial score (nSPS) is 14.5. The van der Waals surface area contributed by atoms with Crippen LogP contribution in [0.2, 0.25) is 0 Å². The molecule has 0 radical (unpaired) electrons. The van der Waals surface area contributed by atoms with E-state index in [-0.39, 0.29) is 17.2 Å². The van der Waals surface area contributed by atoms with Gasteiger partial charge in [0.1, 0.15) is 5.70 Å². The lowest BCUT2D eigenvalue weighted by Crippen LogP contribution is -2.32. The minimum atomic E-state index is -0.335. The quantitative estimate of drug-likeness (QED) is 0.512. The Balaban J connectivity index is 1.77. The van der Waals surface area contributed by atoms with Crippen molar-refractivity contribution in [2.24, 2.45) is 0 Å². The Morgan fingerprint density at radius 3 is 2.23 bits per heavy atom. The lowest BCUT2D eigenvalue weighted by atomic mass is 9.87. The monoisotopic (exact) mass is 430 g/mol. The lowest BCUT2D eigenvalue weighted by Gasteiger charge is -2.21. The summed E-state index contributed by atoms with van der Waals surface area (Å²) in [5.74, 6) is -0.637. The molecule has 5 heteroatoms. The zero-order chi connectivity index (χ0) is 22.3. The van der Waals surface area contributed by atoms with Crippen molar-refractivity contribution < 1.29 is 9.59 Å². The van der Waals surface area contributed by atoms with Crippen LogP contribution in [0, 0.1) is 13.8 Å². The van der Waals surface area contributed by atoms with E-state index in [1.165, 1.54) is 16.2 Å².